The zero-order valence-electron chi connectivity index (χ0n) is 37.6. The van der Waals surface area contributed by atoms with E-state index in [1.807, 2.05) is 0 Å². The summed E-state index contributed by atoms with van der Waals surface area (Å²) in [6.07, 6.45) is 9.94. The molecule has 69 heavy (non-hydrogen) atoms. The topological polar surface area (TPSA) is 333 Å². The second-order valence-corrected chi connectivity index (χ2v) is 21.2. The lowest BCUT2D eigenvalue weighted by atomic mass is 10.1. The number of quaternary nitrogens is 1. The van der Waals surface area contributed by atoms with E-state index in [2.05, 4.69) is 58.1 Å². The van der Waals surface area contributed by atoms with Crippen LogP contribution >= 0.6 is 0 Å². The van der Waals surface area contributed by atoms with E-state index < -0.39 is 82.9 Å². The maximum absolute atomic E-state index is 12.4. The fourth-order valence-corrected chi connectivity index (χ4v) is 10.6. The van der Waals surface area contributed by atoms with E-state index in [1.54, 1.807) is 0 Å². The van der Waals surface area contributed by atoms with Crippen molar-refractivity contribution in [2.24, 2.45) is 20.5 Å². The molecule has 25 heteroatoms. The summed E-state index contributed by atoms with van der Waals surface area (Å²) in [5, 5.41) is 36.1. The van der Waals surface area contributed by atoms with Gasteiger partial charge in [0.25, 0.3) is 40.5 Å². The molecule has 6 aromatic rings. The van der Waals surface area contributed by atoms with Crippen LogP contribution in [-0.4, -0.2) is 103 Å². The number of hydrogen-bond acceptors (Lipinski definition) is 16. The molecule has 2 aromatic heterocycles. The molecule has 4 aromatic carbocycles. The van der Waals surface area contributed by atoms with Crippen LogP contribution in [0.1, 0.15) is 64.5 Å². The van der Waals surface area contributed by atoms with Crippen LogP contribution in [0.4, 0.5) is 22.7 Å². The first kappa shape index (κ1) is 53.8. The molecule has 0 spiro atoms. The summed E-state index contributed by atoms with van der Waals surface area (Å²) in [7, 11) is -19.7. The van der Waals surface area contributed by atoms with Gasteiger partial charge in [-0.15, -0.1) is 10.2 Å². The van der Waals surface area contributed by atoms with Crippen molar-refractivity contribution >= 4 is 97.2 Å². The number of aromatic nitrogens is 2. The lowest BCUT2D eigenvalue weighted by molar-refractivity contribution is -0.928. The zero-order chi connectivity index (χ0) is 51.0. The minimum absolute atomic E-state index is 0.122. The summed E-state index contributed by atoms with van der Waals surface area (Å²) < 4.78 is 138. The van der Waals surface area contributed by atoms with E-state index in [0.717, 1.165) is 48.6 Å². The lowest BCUT2D eigenvalue weighted by Crippen LogP contribution is -2.50. The lowest BCUT2D eigenvalue weighted by Gasteiger charge is -2.38. The summed E-state index contributed by atoms with van der Waals surface area (Å²) in [6, 6.07) is 13.2. The molecule has 0 aliphatic heterocycles. The molecule has 0 fully saturated rings. The predicted molar refractivity (Wildman–Crippen MR) is 257 cm³/mol. The molecule has 0 saturated carbocycles. The minimum atomic E-state index is -5.01. The van der Waals surface area contributed by atoms with Gasteiger partial charge in [0.1, 0.15) is 42.0 Å². The number of phenolic OH excluding ortho intramolecular Hbond substituents is 2. The van der Waals surface area contributed by atoms with Crippen LogP contribution in [0.2, 0.25) is 0 Å². The van der Waals surface area contributed by atoms with Gasteiger partial charge in [-0.1, -0.05) is 52.0 Å². The van der Waals surface area contributed by atoms with E-state index in [4.69, 9.17) is 0 Å². The first-order valence-electron chi connectivity index (χ1n) is 21.1. The second kappa shape index (κ2) is 22.1. The molecule has 6 N–H and O–H groups in total. The van der Waals surface area contributed by atoms with Gasteiger partial charge in [0, 0.05) is 23.2 Å². The van der Waals surface area contributed by atoms with Gasteiger partial charge in [-0.25, -0.2) is 0 Å². The molecule has 21 nitrogen and oxygen atoms in total. The molecule has 0 unspecified atom stereocenters. The van der Waals surface area contributed by atoms with Gasteiger partial charge in [0.05, 0.1) is 37.6 Å². The maximum Gasteiger partial charge on any atom is 0.295 e. The van der Waals surface area contributed by atoms with Crippen LogP contribution < -0.4 is 0 Å². The Hall–Kier alpha value is -6.16. The van der Waals surface area contributed by atoms with Crippen molar-refractivity contribution < 1.29 is 66.6 Å². The smallest absolute Gasteiger partial charge is 0.295 e. The van der Waals surface area contributed by atoms with Crippen LogP contribution in [0.5, 0.6) is 11.5 Å². The highest BCUT2D eigenvalue weighted by molar-refractivity contribution is 7.86. The van der Waals surface area contributed by atoms with Crippen LogP contribution in [-0.2, 0) is 40.5 Å². The van der Waals surface area contributed by atoms with Crippen LogP contribution in [0.3, 0.4) is 0 Å². The van der Waals surface area contributed by atoms with Gasteiger partial charge in [-0.3, -0.25) is 28.2 Å². The van der Waals surface area contributed by atoms with Gasteiger partial charge in [-0.2, -0.15) is 43.9 Å². The highest BCUT2D eigenvalue weighted by Gasteiger charge is 2.25. The predicted octanol–water partition coefficient (Wildman–Crippen LogP) is 9.63. The van der Waals surface area contributed by atoms with Crippen molar-refractivity contribution in [2.75, 3.05) is 26.2 Å². The van der Waals surface area contributed by atoms with Gasteiger partial charge in [-0.05, 0) is 97.5 Å². The Morgan fingerprint density at radius 2 is 0.812 bits per heavy atom. The van der Waals surface area contributed by atoms with Crippen molar-refractivity contribution in [1.29, 1.82) is 0 Å². The SMILES string of the molecule is CCC[N+](CCC)(CCC)CCC.O=S(=O)(O)c1cc(N=Nc2cc(S(=O)(=O)O)c3cccnc3c2O)ccc1/C=C/c1ccc(N=Nc2cc(S(=O)(=O)O)c3cccnc3c2O)cc1S(=O)(=O)O. The Labute approximate surface area is 399 Å². The molecular formula is C44H50N7O14S4+. The monoisotopic (exact) mass is 1030 g/mol. The van der Waals surface area contributed by atoms with Crippen molar-refractivity contribution in [3.05, 3.63) is 96.3 Å². The first-order chi connectivity index (χ1) is 32.4. The molecule has 0 bridgehead atoms. The number of azo groups is 2. The fraction of sp³-hybridized carbons (Fsp3) is 0.273. The number of phenols is 2. The third-order valence-electron chi connectivity index (χ3n) is 10.5. The van der Waals surface area contributed by atoms with Gasteiger partial charge in [0.2, 0.25) is 0 Å². The minimum Gasteiger partial charge on any atom is -0.504 e. The van der Waals surface area contributed by atoms with Crippen molar-refractivity contribution in [3.8, 4) is 11.5 Å². The highest BCUT2D eigenvalue weighted by atomic mass is 32.2. The highest BCUT2D eigenvalue weighted by Crippen LogP contribution is 2.40. The van der Waals surface area contributed by atoms with Crippen LogP contribution in [0.15, 0.2) is 125 Å². The van der Waals surface area contributed by atoms with Crippen molar-refractivity contribution in [2.45, 2.75) is 73.0 Å². The number of fused-ring (bicyclic) bond motifs is 2. The molecule has 2 heterocycles. The van der Waals surface area contributed by atoms with Gasteiger partial charge < -0.3 is 14.7 Å². The average Bonchev–Trinajstić information content (AvgIpc) is 3.27. The van der Waals surface area contributed by atoms with Crippen molar-refractivity contribution in [1.82, 2.24) is 9.97 Å². The van der Waals surface area contributed by atoms with Crippen LogP contribution in [0, 0.1) is 0 Å². The number of pyridine rings is 2. The molecule has 368 valence electrons. The molecule has 0 atom stereocenters. The van der Waals surface area contributed by atoms with Gasteiger partial charge >= 0.3 is 0 Å². The number of aromatic hydroxyl groups is 2. The number of rotatable bonds is 18. The van der Waals surface area contributed by atoms with E-state index in [0.29, 0.717) is 0 Å². The average molecular weight is 1030 g/mol. The van der Waals surface area contributed by atoms with E-state index in [-0.39, 0.29) is 44.3 Å². The van der Waals surface area contributed by atoms with Crippen LogP contribution in [0.25, 0.3) is 34.0 Å². The van der Waals surface area contributed by atoms with Gasteiger partial charge in [0.15, 0.2) is 11.5 Å². The Morgan fingerprint density at radius 3 is 1.12 bits per heavy atom. The second-order valence-electron chi connectivity index (χ2n) is 15.6. The first-order valence-corrected chi connectivity index (χ1v) is 26.9. The molecule has 0 aliphatic rings. The number of benzene rings is 4. The molecular weight excluding hydrogens is 979 g/mol. The van der Waals surface area contributed by atoms with E-state index >= 15 is 0 Å². The molecule has 0 radical (unpaired) electrons. The quantitative estimate of drug-likeness (QED) is 0.0202. The normalized spacial score (nSPS) is 12.9. The Balaban J connectivity index is 0.000000597. The molecule has 0 saturated heterocycles. The summed E-state index contributed by atoms with van der Waals surface area (Å²) in [4.78, 5) is 4.97. The summed E-state index contributed by atoms with van der Waals surface area (Å²) >= 11 is 0. The zero-order valence-corrected chi connectivity index (χ0v) is 40.9. The maximum atomic E-state index is 12.4. The summed E-state index contributed by atoms with van der Waals surface area (Å²) in [6.45, 7) is 14.8. The standard InChI is InChI=1S/C32H22N6O14S4.C12H28N/c39-31-23(15-27(55(47,48)49)21-3-1-11-33-29(21)31)37-35-19-9-7-17(25(13-19)53(41,42)43)5-6-18-8-10-20(14-26(18)54(44,45)46)36-38-24-16-28(56(50,51)52)22-4-2-12-34-30(22)32(24)40;1-5-9-13(10-6-2,11-7-3)12-8-4/h1-16,39-40H,(H,41,42,43)(H,44,45,46)(H,47,48,49)(H,50,51,52);5-12H2,1-4H3/q;+1/b6-5+,37-35?,38-36?;. The Morgan fingerprint density at radius 1 is 0.478 bits per heavy atom. The largest absolute Gasteiger partial charge is 0.504 e. The third-order valence-corrected chi connectivity index (χ3v) is 14.1. The summed E-state index contributed by atoms with van der Waals surface area (Å²) in [5.41, 5.74) is -2.37. The van der Waals surface area contributed by atoms with Crippen molar-refractivity contribution in [3.63, 3.8) is 0 Å². The molecule has 6 rings (SSSR count). The number of hydrogen-bond donors (Lipinski definition) is 6. The fourth-order valence-electron chi connectivity index (χ4n) is 7.81. The molecule has 0 amide bonds. The Kier molecular flexibility index (Phi) is 17.2. The van der Waals surface area contributed by atoms with E-state index in [1.165, 1.54) is 105 Å². The summed E-state index contributed by atoms with van der Waals surface area (Å²) in [5.74, 6) is -1.24. The molecule has 0 aliphatic carbocycles. The number of nitrogens with zero attached hydrogens (tertiary/aromatic N) is 7. The third kappa shape index (κ3) is 13.3. The van der Waals surface area contributed by atoms with E-state index in [9.17, 15) is 62.1 Å². The Bertz CT molecular complexity index is 3200.